The summed E-state index contributed by atoms with van der Waals surface area (Å²) in [6.07, 6.45) is 1.55. The lowest BCUT2D eigenvalue weighted by Crippen LogP contribution is -2.32. The maximum atomic E-state index is 12.5. The van der Waals surface area contributed by atoms with Gasteiger partial charge in [0.1, 0.15) is 0 Å². The van der Waals surface area contributed by atoms with Crippen molar-refractivity contribution in [3.8, 4) is 0 Å². The number of hydrogen-bond donors (Lipinski definition) is 3. The Bertz CT molecular complexity index is 698. The van der Waals surface area contributed by atoms with Crippen molar-refractivity contribution in [2.24, 2.45) is 0 Å². The van der Waals surface area contributed by atoms with E-state index in [1.54, 1.807) is 12.1 Å². The number of carbonyl (C=O) groups excluding carboxylic acids is 1. The number of aryl methyl sites for hydroxylation is 1. The van der Waals surface area contributed by atoms with Crippen LogP contribution in [0.15, 0.2) is 18.2 Å². The molecule has 1 aromatic heterocycles. The third-order valence-electron chi connectivity index (χ3n) is 4.06. The number of hydrogen-bond acceptors (Lipinski definition) is 3. The Morgan fingerprint density at radius 3 is 2.95 bits per heavy atom. The number of aromatic amines is 1. The van der Waals surface area contributed by atoms with Gasteiger partial charge in [-0.15, -0.1) is 0 Å². The van der Waals surface area contributed by atoms with Crippen molar-refractivity contribution in [3.63, 3.8) is 0 Å². The van der Waals surface area contributed by atoms with Gasteiger partial charge in [0.25, 0.3) is 5.91 Å². The SMILES string of the molecule is Cc1[nH]c2ccc(Cl)cc2c1C(=O)NC[C@H]1CC[C@@H](CO)O1. The first kappa shape index (κ1) is 15.3. The molecular weight excluding hydrogens is 304 g/mol. The Morgan fingerprint density at radius 1 is 1.45 bits per heavy atom. The molecular formula is C16H19ClN2O3. The highest BCUT2D eigenvalue weighted by Gasteiger charge is 2.25. The number of fused-ring (bicyclic) bond motifs is 1. The lowest BCUT2D eigenvalue weighted by atomic mass is 10.1. The molecule has 3 rings (SSSR count). The number of nitrogens with one attached hydrogen (secondary N) is 2. The molecule has 0 spiro atoms. The third kappa shape index (κ3) is 2.97. The number of aliphatic hydroxyl groups excluding tert-OH is 1. The number of halogens is 1. The minimum atomic E-state index is -0.137. The number of carbonyl (C=O) groups is 1. The van der Waals surface area contributed by atoms with E-state index < -0.39 is 0 Å². The van der Waals surface area contributed by atoms with Crippen LogP contribution in [0.3, 0.4) is 0 Å². The van der Waals surface area contributed by atoms with Crippen molar-refractivity contribution in [1.82, 2.24) is 10.3 Å². The number of rotatable bonds is 4. The smallest absolute Gasteiger partial charge is 0.253 e. The normalized spacial score (nSPS) is 21.4. The molecule has 2 heterocycles. The van der Waals surface area contributed by atoms with Gasteiger partial charge in [-0.05, 0) is 38.0 Å². The first-order valence-electron chi connectivity index (χ1n) is 7.41. The quantitative estimate of drug-likeness (QED) is 0.809. The van der Waals surface area contributed by atoms with Crippen LogP contribution >= 0.6 is 11.6 Å². The molecule has 5 nitrogen and oxygen atoms in total. The molecule has 1 saturated heterocycles. The van der Waals surface area contributed by atoms with Crippen molar-refractivity contribution in [2.75, 3.05) is 13.2 Å². The van der Waals surface area contributed by atoms with Gasteiger partial charge in [0.15, 0.2) is 0 Å². The van der Waals surface area contributed by atoms with Crippen molar-refractivity contribution >= 4 is 28.4 Å². The first-order chi connectivity index (χ1) is 10.6. The molecule has 0 bridgehead atoms. The molecule has 3 N–H and O–H groups in total. The summed E-state index contributed by atoms with van der Waals surface area (Å²) in [5.41, 5.74) is 2.33. The summed E-state index contributed by atoms with van der Waals surface area (Å²) in [7, 11) is 0. The molecule has 1 aliphatic heterocycles. The predicted octanol–water partition coefficient (Wildman–Crippen LogP) is 2.40. The highest BCUT2D eigenvalue weighted by Crippen LogP contribution is 2.25. The lowest BCUT2D eigenvalue weighted by molar-refractivity contribution is 0.0125. The lowest BCUT2D eigenvalue weighted by Gasteiger charge is -2.13. The molecule has 1 fully saturated rings. The number of H-pyrrole nitrogens is 1. The van der Waals surface area contributed by atoms with Gasteiger partial charge in [-0.2, -0.15) is 0 Å². The van der Waals surface area contributed by atoms with Crippen molar-refractivity contribution in [2.45, 2.75) is 32.0 Å². The van der Waals surface area contributed by atoms with Crippen LogP contribution in [0.2, 0.25) is 5.02 Å². The minimum Gasteiger partial charge on any atom is -0.394 e. The van der Waals surface area contributed by atoms with E-state index in [1.165, 1.54) is 0 Å². The zero-order chi connectivity index (χ0) is 15.7. The molecule has 1 aliphatic rings. The van der Waals surface area contributed by atoms with E-state index >= 15 is 0 Å². The van der Waals surface area contributed by atoms with E-state index in [-0.39, 0.29) is 24.7 Å². The molecule has 0 aliphatic carbocycles. The van der Waals surface area contributed by atoms with E-state index in [2.05, 4.69) is 10.3 Å². The van der Waals surface area contributed by atoms with Gasteiger partial charge in [-0.25, -0.2) is 0 Å². The fourth-order valence-corrected chi connectivity index (χ4v) is 3.12. The average Bonchev–Trinajstić information content (AvgIpc) is 3.08. The zero-order valence-corrected chi connectivity index (χ0v) is 13.1. The summed E-state index contributed by atoms with van der Waals surface area (Å²) < 4.78 is 5.62. The molecule has 2 atom stereocenters. The molecule has 1 amide bonds. The number of benzene rings is 1. The van der Waals surface area contributed by atoms with E-state index in [4.69, 9.17) is 21.4 Å². The van der Waals surface area contributed by atoms with E-state index in [9.17, 15) is 4.79 Å². The van der Waals surface area contributed by atoms with Gasteiger partial charge in [0.05, 0.1) is 24.4 Å². The highest BCUT2D eigenvalue weighted by atomic mass is 35.5. The molecule has 0 saturated carbocycles. The summed E-state index contributed by atoms with van der Waals surface area (Å²) in [5.74, 6) is -0.137. The Labute approximate surface area is 133 Å². The maximum Gasteiger partial charge on any atom is 0.253 e. The Balaban J connectivity index is 1.72. The fraction of sp³-hybridized carbons (Fsp3) is 0.438. The van der Waals surface area contributed by atoms with E-state index in [0.29, 0.717) is 17.1 Å². The van der Waals surface area contributed by atoms with Gasteiger partial charge in [0, 0.05) is 28.2 Å². The van der Waals surface area contributed by atoms with Crippen LogP contribution in [0.4, 0.5) is 0 Å². The summed E-state index contributed by atoms with van der Waals surface area (Å²) >= 11 is 6.03. The van der Waals surface area contributed by atoms with Gasteiger partial charge < -0.3 is 20.1 Å². The summed E-state index contributed by atoms with van der Waals surface area (Å²) in [4.78, 5) is 15.7. The second kappa shape index (κ2) is 6.28. The van der Waals surface area contributed by atoms with E-state index in [0.717, 1.165) is 29.4 Å². The van der Waals surface area contributed by atoms with Crippen LogP contribution in [0.5, 0.6) is 0 Å². The highest BCUT2D eigenvalue weighted by molar-refractivity contribution is 6.31. The maximum absolute atomic E-state index is 12.5. The first-order valence-corrected chi connectivity index (χ1v) is 7.78. The summed E-state index contributed by atoms with van der Waals surface area (Å²) in [5, 5.41) is 13.4. The second-order valence-electron chi connectivity index (χ2n) is 5.66. The second-order valence-corrected chi connectivity index (χ2v) is 6.10. The minimum absolute atomic E-state index is 0.0322. The number of aliphatic hydroxyl groups is 1. The number of ether oxygens (including phenoxy) is 1. The van der Waals surface area contributed by atoms with Gasteiger partial charge in [-0.1, -0.05) is 11.6 Å². The largest absolute Gasteiger partial charge is 0.394 e. The standard InChI is InChI=1S/C16H19ClN2O3/c1-9-15(13-6-10(17)2-5-14(13)19-9)16(21)18-7-11-3-4-12(8-20)22-11/h2,5-6,11-12,19-20H,3-4,7-8H2,1H3,(H,18,21)/t11-,12+/m1/s1. The van der Waals surface area contributed by atoms with Crippen molar-refractivity contribution < 1.29 is 14.6 Å². The number of aromatic nitrogens is 1. The van der Waals surface area contributed by atoms with Crippen LogP contribution < -0.4 is 5.32 Å². The van der Waals surface area contributed by atoms with Gasteiger partial charge >= 0.3 is 0 Å². The fourth-order valence-electron chi connectivity index (χ4n) is 2.95. The van der Waals surface area contributed by atoms with Crippen molar-refractivity contribution in [1.29, 1.82) is 0 Å². The number of amides is 1. The van der Waals surface area contributed by atoms with Crippen LogP contribution in [0.1, 0.15) is 28.9 Å². The zero-order valence-electron chi connectivity index (χ0n) is 12.4. The molecule has 6 heteroatoms. The Kier molecular flexibility index (Phi) is 4.38. The van der Waals surface area contributed by atoms with Crippen LogP contribution in [0.25, 0.3) is 10.9 Å². The van der Waals surface area contributed by atoms with Gasteiger partial charge in [0.2, 0.25) is 0 Å². The predicted molar refractivity (Wildman–Crippen MR) is 85.4 cm³/mol. The van der Waals surface area contributed by atoms with Gasteiger partial charge in [-0.3, -0.25) is 4.79 Å². The van der Waals surface area contributed by atoms with Crippen LogP contribution in [-0.2, 0) is 4.74 Å². The van der Waals surface area contributed by atoms with Crippen molar-refractivity contribution in [3.05, 3.63) is 34.5 Å². The summed E-state index contributed by atoms with van der Waals surface area (Å²) in [6, 6.07) is 5.46. The monoisotopic (exact) mass is 322 g/mol. The molecule has 0 radical (unpaired) electrons. The average molecular weight is 323 g/mol. The topological polar surface area (TPSA) is 74.4 Å². The van der Waals surface area contributed by atoms with Crippen LogP contribution in [-0.4, -0.2) is 41.4 Å². The summed E-state index contributed by atoms with van der Waals surface area (Å²) in [6.45, 7) is 2.35. The molecule has 118 valence electrons. The molecule has 22 heavy (non-hydrogen) atoms. The third-order valence-corrected chi connectivity index (χ3v) is 4.30. The molecule has 1 aromatic carbocycles. The Morgan fingerprint density at radius 2 is 2.23 bits per heavy atom. The van der Waals surface area contributed by atoms with Crippen LogP contribution in [0, 0.1) is 6.92 Å². The Hall–Kier alpha value is -1.56. The molecule has 2 aromatic rings. The molecule has 0 unspecified atom stereocenters. The van der Waals surface area contributed by atoms with E-state index in [1.807, 2.05) is 13.0 Å².